The lowest BCUT2D eigenvalue weighted by molar-refractivity contribution is 0.0437. The van der Waals surface area contributed by atoms with Crippen molar-refractivity contribution in [2.24, 2.45) is 11.3 Å². The van der Waals surface area contributed by atoms with Crippen molar-refractivity contribution >= 4 is 0 Å². The van der Waals surface area contributed by atoms with Crippen LogP contribution in [0.25, 0.3) is 0 Å². The summed E-state index contributed by atoms with van der Waals surface area (Å²) in [4.78, 5) is 0. The minimum absolute atomic E-state index is 0.300. The van der Waals surface area contributed by atoms with E-state index in [0.29, 0.717) is 16.9 Å². The maximum absolute atomic E-state index is 5.29. The van der Waals surface area contributed by atoms with E-state index in [9.17, 15) is 0 Å². The smallest absolute Gasteiger partial charge is 0.118 e. The molecule has 1 aliphatic carbocycles. The molecule has 1 fully saturated rings. The lowest BCUT2D eigenvalue weighted by Crippen LogP contribution is -2.52. The third-order valence-corrected chi connectivity index (χ3v) is 5.05. The van der Waals surface area contributed by atoms with Crippen molar-refractivity contribution in [3.8, 4) is 5.75 Å². The highest BCUT2D eigenvalue weighted by molar-refractivity contribution is 5.35. The number of rotatable bonds is 5. The summed E-state index contributed by atoms with van der Waals surface area (Å²) in [5.74, 6) is 1.76. The fourth-order valence-corrected chi connectivity index (χ4v) is 3.32. The van der Waals surface area contributed by atoms with Crippen molar-refractivity contribution in [1.82, 2.24) is 5.32 Å². The molecule has 1 N–H and O–H groups in total. The van der Waals surface area contributed by atoms with Crippen molar-refractivity contribution < 1.29 is 4.74 Å². The number of ether oxygens (including phenoxy) is 1. The zero-order valence-corrected chi connectivity index (χ0v) is 14.5. The lowest BCUT2D eigenvalue weighted by Gasteiger charge is -2.54. The minimum atomic E-state index is 0.300. The second-order valence-corrected chi connectivity index (χ2v) is 8.02. The molecule has 0 aromatic heterocycles. The van der Waals surface area contributed by atoms with E-state index in [0.717, 1.165) is 18.2 Å². The molecule has 1 aromatic rings. The van der Waals surface area contributed by atoms with Crippen LogP contribution in [-0.2, 0) is 5.41 Å². The average Bonchev–Trinajstić information content (AvgIpc) is 2.36. The van der Waals surface area contributed by atoms with Crippen LogP contribution in [0.3, 0.4) is 0 Å². The fourth-order valence-electron chi connectivity index (χ4n) is 3.32. The van der Waals surface area contributed by atoms with Gasteiger partial charge in [-0.25, -0.2) is 0 Å². The average molecular weight is 289 g/mol. The summed E-state index contributed by atoms with van der Waals surface area (Å²) >= 11 is 0. The fraction of sp³-hybridized carbons (Fsp3) is 0.684. The van der Waals surface area contributed by atoms with E-state index in [1.807, 2.05) is 0 Å². The zero-order chi connectivity index (χ0) is 15.7. The summed E-state index contributed by atoms with van der Waals surface area (Å²) in [5.41, 5.74) is 2.17. The summed E-state index contributed by atoms with van der Waals surface area (Å²) in [6.07, 6.45) is 2.56. The molecule has 1 saturated carbocycles. The highest BCUT2D eigenvalue weighted by Gasteiger charge is 2.49. The first kappa shape index (κ1) is 16.4. The summed E-state index contributed by atoms with van der Waals surface area (Å²) in [7, 11) is 1.73. The van der Waals surface area contributed by atoms with E-state index in [2.05, 4.69) is 64.2 Å². The second kappa shape index (κ2) is 6.00. The predicted molar refractivity (Wildman–Crippen MR) is 90.0 cm³/mol. The van der Waals surface area contributed by atoms with Crippen LogP contribution in [0.4, 0.5) is 0 Å². The first-order chi connectivity index (χ1) is 9.77. The Balaban J connectivity index is 2.17. The topological polar surface area (TPSA) is 21.3 Å². The van der Waals surface area contributed by atoms with Crippen LogP contribution in [0.5, 0.6) is 5.75 Å². The van der Waals surface area contributed by atoms with E-state index < -0.39 is 0 Å². The van der Waals surface area contributed by atoms with Gasteiger partial charge >= 0.3 is 0 Å². The maximum atomic E-state index is 5.29. The highest BCUT2D eigenvalue weighted by Crippen LogP contribution is 2.54. The number of hydrogen-bond donors (Lipinski definition) is 1. The SMILES string of the molecule is COc1ccc(C2(CNC(C)C)CC(C(C)(C)C)C2)cc1. The largest absolute Gasteiger partial charge is 0.497 e. The van der Waals surface area contributed by atoms with Crippen LogP contribution < -0.4 is 10.1 Å². The van der Waals surface area contributed by atoms with Gasteiger partial charge in [-0.05, 0) is 41.9 Å². The monoisotopic (exact) mass is 289 g/mol. The van der Waals surface area contributed by atoms with Gasteiger partial charge in [-0.15, -0.1) is 0 Å². The summed E-state index contributed by atoms with van der Waals surface area (Å²) < 4.78 is 5.29. The van der Waals surface area contributed by atoms with Gasteiger partial charge in [-0.3, -0.25) is 0 Å². The van der Waals surface area contributed by atoms with Crippen LogP contribution in [0, 0.1) is 11.3 Å². The first-order valence-electron chi connectivity index (χ1n) is 8.15. The van der Waals surface area contributed by atoms with Gasteiger partial charge in [0.05, 0.1) is 7.11 Å². The van der Waals surface area contributed by atoms with Crippen molar-refractivity contribution in [1.29, 1.82) is 0 Å². The van der Waals surface area contributed by atoms with Gasteiger partial charge in [0.1, 0.15) is 5.75 Å². The molecule has 0 atom stereocenters. The molecule has 0 amide bonds. The predicted octanol–water partition coefficient (Wildman–Crippen LogP) is 4.39. The Kier molecular flexibility index (Phi) is 4.67. The number of methoxy groups -OCH3 is 1. The molecule has 1 aromatic carbocycles. The van der Waals surface area contributed by atoms with E-state index in [1.165, 1.54) is 18.4 Å². The minimum Gasteiger partial charge on any atom is -0.497 e. The molecule has 0 unspecified atom stereocenters. The Bertz CT molecular complexity index is 449. The van der Waals surface area contributed by atoms with Gasteiger partial charge < -0.3 is 10.1 Å². The molecule has 2 heteroatoms. The molecule has 2 nitrogen and oxygen atoms in total. The van der Waals surface area contributed by atoms with Gasteiger partial charge in [0.15, 0.2) is 0 Å². The Morgan fingerprint density at radius 1 is 1.19 bits per heavy atom. The summed E-state index contributed by atoms with van der Waals surface area (Å²) in [6.45, 7) is 12.6. The van der Waals surface area contributed by atoms with Crippen LogP contribution in [0.1, 0.15) is 53.0 Å². The van der Waals surface area contributed by atoms with Crippen LogP contribution in [-0.4, -0.2) is 19.7 Å². The van der Waals surface area contributed by atoms with Crippen LogP contribution in [0.15, 0.2) is 24.3 Å². The molecule has 0 aliphatic heterocycles. The van der Waals surface area contributed by atoms with Gasteiger partial charge in [0.25, 0.3) is 0 Å². The van der Waals surface area contributed by atoms with E-state index in [4.69, 9.17) is 4.74 Å². The van der Waals surface area contributed by atoms with E-state index >= 15 is 0 Å². The lowest BCUT2D eigenvalue weighted by atomic mass is 9.52. The number of hydrogen-bond acceptors (Lipinski definition) is 2. The molecule has 0 heterocycles. The second-order valence-electron chi connectivity index (χ2n) is 8.02. The molecule has 0 saturated heterocycles. The van der Waals surface area contributed by atoms with Crippen LogP contribution in [0.2, 0.25) is 0 Å². The third-order valence-electron chi connectivity index (χ3n) is 5.05. The molecule has 2 rings (SSSR count). The Hall–Kier alpha value is -1.02. The number of nitrogens with one attached hydrogen (secondary N) is 1. The molecular weight excluding hydrogens is 258 g/mol. The third kappa shape index (κ3) is 3.60. The molecule has 0 spiro atoms. The molecular formula is C19H31NO. The highest BCUT2D eigenvalue weighted by atomic mass is 16.5. The molecule has 118 valence electrons. The summed E-state index contributed by atoms with van der Waals surface area (Å²) in [6, 6.07) is 9.22. The number of benzene rings is 1. The molecule has 0 bridgehead atoms. The first-order valence-corrected chi connectivity index (χ1v) is 8.15. The Morgan fingerprint density at radius 3 is 2.19 bits per heavy atom. The van der Waals surface area contributed by atoms with Gasteiger partial charge in [0.2, 0.25) is 0 Å². The van der Waals surface area contributed by atoms with E-state index in [-0.39, 0.29) is 0 Å². The van der Waals surface area contributed by atoms with Crippen molar-refractivity contribution in [3.05, 3.63) is 29.8 Å². The maximum Gasteiger partial charge on any atom is 0.118 e. The standard InChI is InChI=1S/C19H31NO/c1-14(2)20-13-19(11-16(12-19)18(3,4)5)15-7-9-17(21-6)10-8-15/h7-10,14,16,20H,11-13H2,1-6H3. The van der Waals surface area contributed by atoms with Gasteiger partial charge in [0, 0.05) is 18.0 Å². The molecule has 1 aliphatic rings. The normalized spacial score (nSPS) is 25.8. The van der Waals surface area contributed by atoms with Crippen molar-refractivity contribution in [2.75, 3.05) is 13.7 Å². The zero-order valence-electron chi connectivity index (χ0n) is 14.5. The van der Waals surface area contributed by atoms with Crippen molar-refractivity contribution in [2.45, 2.75) is 58.9 Å². The molecule has 21 heavy (non-hydrogen) atoms. The Labute approximate surface area is 130 Å². The van der Waals surface area contributed by atoms with Crippen LogP contribution >= 0.6 is 0 Å². The van der Waals surface area contributed by atoms with Crippen molar-refractivity contribution in [3.63, 3.8) is 0 Å². The van der Waals surface area contributed by atoms with Gasteiger partial charge in [-0.1, -0.05) is 46.8 Å². The quantitative estimate of drug-likeness (QED) is 0.868. The van der Waals surface area contributed by atoms with Gasteiger partial charge in [-0.2, -0.15) is 0 Å². The summed E-state index contributed by atoms with van der Waals surface area (Å²) in [5, 5.41) is 3.66. The molecule has 0 radical (unpaired) electrons. The Morgan fingerprint density at radius 2 is 1.76 bits per heavy atom. The van der Waals surface area contributed by atoms with E-state index in [1.54, 1.807) is 7.11 Å².